The molecule has 5 saturated heterocycles. The largest absolute Gasteiger partial charge is 0.508 e. The molecule has 127 heavy (non-hydrogen) atoms. The summed E-state index contributed by atoms with van der Waals surface area (Å²) < 4.78 is 0. The van der Waals surface area contributed by atoms with E-state index in [4.69, 9.17) is 5.73 Å². The molecule has 5 aliphatic heterocycles. The number of aromatic hydroxyl groups is 1. The maximum absolute atomic E-state index is 14.7. The van der Waals surface area contributed by atoms with Gasteiger partial charge in [0.05, 0.1) is 89.4 Å². The average molecular weight is 1760 g/mol. The molecule has 8 aliphatic rings. The number of rotatable bonds is 41. The summed E-state index contributed by atoms with van der Waals surface area (Å²) >= 11 is 0. The first kappa shape index (κ1) is 95.4. The molecule has 8 fully saturated rings. The second kappa shape index (κ2) is 45.8. The molecule has 21 atom stereocenters. The highest BCUT2D eigenvalue weighted by atomic mass is 16.3. The number of hydrogen-bond acceptors (Lipinski definition) is 20. The number of primary amides is 1. The number of amides is 14. The third-order valence-electron chi connectivity index (χ3n) is 26.8. The number of nitrogens with two attached hydrogens (primary N) is 1. The van der Waals surface area contributed by atoms with Crippen molar-refractivity contribution in [2.24, 2.45) is 76.7 Å². The van der Waals surface area contributed by atoms with Gasteiger partial charge in [0.15, 0.2) is 0 Å². The molecule has 4 aromatic rings. The van der Waals surface area contributed by atoms with Crippen molar-refractivity contribution >= 4 is 93.5 Å². The fraction of sp³-hybridized carbons (Fsp3) is 0.613. The number of phenolic OH excluding ortho intramolecular Hbond substituents is 1. The molecule has 690 valence electrons. The Morgan fingerprint density at radius 2 is 0.732 bits per heavy atom. The molecule has 14 amide bonds. The second-order valence-corrected chi connectivity index (χ2v) is 37.4. The van der Waals surface area contributed by atoms with Crippen molar-refractivity contribution in [2.75, 3.05) is 78.5 Å². The van der Waals surface area contributed by atoms with E-state index < -0.39 is 137 Å². The van der Waals surface area contributed by atoms with Crippen LogP contribution in [0, 0.1) is 71.0 Å². The predicted molar refractivity (Wildman–Crippen MR) is 475 cm³/mol. The van der Waals surface area contributed by atoms with Gasteiger partial charge in [0.1, 0.15) is 5.75 Å². The van der Waals surface area contributed by atoms with E-state index in [9.17, 15) is 72.2 Å². The fourth-order valence-corrected chi connectivity index (χ4v) is 20.1. The Morgan fingerprint density at radius 3 is 1.22 bits per heavy atom. The van der Waals surface area contributed by atoms with Crippen molar-refractivity contribution in [3.63, 3.8) is 0 Å². The number of carbonyl (C=O) groups excluding carboxylic acids is 14. The van der Waals surface area contributed by atoms with E-state index >= 15 is 0 Å². The molecule has 0 aromatic heterocycles. The van der Waals surface area contributed by atoms with Crippen LogP contribution < -0.4 is 101 Å². The number of nitrogens with one attached hydrogen (secondary N) is 18. The Morgan fingerprint density at radius 1 is 0.354 bits per heavy atom. The molecule has 0 spiro atoms. The second-order valence-electron chi connectivity index (χ2n) is 37.4. The van der Waals surface area contributed by atoms with Crippen LogP contribution in [-0.2, 0) is 86.4 Å². The molecule has 3 saturated carbocycles. The summed E-state index contributed by atoms with van der Waals surface area (Å²) in [5.74, 6) is -11.3. The molecule has 0 bridgehead atoms. The molecule has 21 N–H and O–H groups in total. The monoisotopic (exact) mass is 1760 g/mol. The summed E-state index contributed by atoms with van der Waals surface area (Å²) in [5.41, 5.74) is 8.10. The number of carbonyl (C=O) groups is 14. The van der Waals surface area contributed by atoms with Crippen molar-refractivity contribution in [2.45, 2.75) is 210 Å². The third kappa shape index (κ3) is 27.2. The van der Waals surface area contributed by atoms with Gasteiger partial charge in [0.2, 0.25) is 82.7 Å². The highest BCUT2D eigenvalue weighted by Crippen LogP contribution is 2.32. The van der Waals surface area contributed by atoms with Crippen molar-refractivity contribution in [1.82, 2.24) is 95.7 Å². The molecule has 0 radical (unpaired) electrons. The summed E-state index contributed by atoms with van der Waals surface area (Å²) in [7, 11) is 0. The summed E-state index contributed by atoms with van der Waals surface area (Å²) in [5, 5.41) is 68.2. The Bertz CT molecular complexity index is 4520. The molecule has 34 heteroatoms. The molecule has 16 unspecified atom stereocenters. The van der Waals surface area contributed by atoms with Crippen LogP contribution in [0.3, 0.4) is 0 Å². The van der Waals surface area contributed by atoms with Crippen molar-refractivity contribution in [3.05, 3.63) is 114 Å². The van der Waals surface area contributed by atoms with Crippen LogP contribution in [0.1, 0.15) is 141 Å². The van der Waals surface area contributed by atoms with Crippen LogP contribution in [0.4, 0.5) is 0 Å². The van der Waals surface area contributed by atoms with Gasteiger partial charge in [-0.1, -0.05) is 132 Å². The lowest BCUT2D eigenvalue weighted by molar-refractivity contribution is -0.132. The average Bonchev–Trinajstić information content (AvgIpc) is 1.61. The number of fused-ring (bicyclic) bond motifs is 1. The third-order valence-corrected chi connectivity index (χ3v) is 26.8. The van der Waals surface area contributed by atoms with E-state index in [1.54, 1.807) is 12.1 Å². The van der Waals surface area contributed by atoms with Crippen LogP contribution in [-0.4, -0.2) is 233 Å². The van der Waals surface area contributed by atoms with E-state index in [0.29, 0.717) is 95.8 Å². The first-order valence-corrected chi connectivity index (χ1v) is 46.0. The van der Waals surface area contributed by atoms with Crippen molar-refractivity contribution < 1.29 is 72.2 Å². The van der Waals surface area contributed by atoms with E-state index in [0.717, 1.165) is 28.3 Å². The van der Waals surface area contributed by atoms with Gasteiger partial charge in [-0.2, -0.15) is 0 Å². The van der Waals surface area contributed by atoms with E-state index in [2.05, 4.69) is 95.7 Å². The molecule has 12 rings (SSSR count). The minimum absolute atomic E-state index is 0.0230. The van der Waals surface area contributed by atoms with E-state index in [-0.39, 0.29) is 180 Å². The van der Waals surface area contributed by atoms with Crippen LogP contribution in [0.5, 0.6) is 5.75 Å². The number of benzene rings is 4. The Hall–Kier alpha value is -10.7. The van der Waals surface area contributed by atoms with Gasteiger partial charge in [-0.3, -0.25) is 67.1 Å². The zero-order chi connectivity index (χ0) is 90.4. The maximum Gasteiger partial charge on any atom is 0.226 e. The lowest BCUT2D eigenvalue weighted by atomic mass is 9.93. The van der Waals surface area contributed by atoms with Crippen LogP contribution in [0.2, 0.25) is 0 Å². The van der Waals surface area contributed by atoms with Gasteiger partial charge in [0.25, 0.3) is 0 Å². The molecule has 4 aromatic carbocycles. The van der Waals surface area contributed by atoms with Gasteiger partial charge >= 0.3 is 0 Å². The van der Waals surface area contributed by atoms with Gasteiger partial charge in [0, 0.05) is 141 Å². The maximum atomic E-state index is 14.7. The van der Waals surface area contributed by atoms with Gasteiger partial charge in [-0.15, -0.1) is 0 Å². The minimum Gasteiger partial charge on any atom is -0.508 e. The minimum atomic E-state index is -0.872. The van der Waals surface area contributed by atoms with Gasteiger partial charge < -0.3 is 107 Å². The smallest absolute Gasteiger partial charge is 0.226 e. The Labute approximate surface area is 742 Å². The Kier molecular flexibility index (Phi) is 34.4. The molecular formula is C93H133N19O15. The molecule has 3 aliphatic carbocycles. The highest BCUT2D eigenvalue weighted by Gasteiger charge is 2.46. The standard InChI is InChI=1S/C93H133N19O15/c1-51(2)30-59(39-100-87(121)65-18-11-22-74(65)106-81(115)36-61(31-52(3)4)103-89(123)67-20-13-21-73(67)102-53(5)113)85(119)109-77-47-98-44-71(77)92(126)111-79-49-96-42-69(79)90(124)104-62(34-54-14-7-6-8-15-54)37-82(116)107-75-23-12-19-66(75)88(122)101-40-60(32-55-25-28-64(114)29-26-55)86(120)110-78-48-99-45-72(78)93(127)112-80-50-97-43-70(80)91(125)105-63(35-56-24-27-57-16-9-10-17-58(57)33-56)38-83(117)108-76-46-95-41-68(76)84(94)118/h6-10,14-17,24-29,33,51-52,59-63,65-80,95-99,114H,11-13,18-23,30-32,34-50H2,1-5H3,(H2,94,118)(H,100,121)(H,101,122)(H,102,113)(H,103,123)(H,104,124)(H,105,125)(H,106,115)(H,107,116)(H,108,117)(H,109,119)(H,110,120)(H,111,126)(H,112,127)/t59-,60-,61-,62-,63-,65?,66?,67?,68?,69?,70?,71?,72?,73?,74?,75?,76?,77?,78?,79?,80?/m0/s1. The van der Waals surface area contributed by atoms with Crippen LogP contribution in [0.25, 0.3) is 10.8 Å². The summed E-state index contributed by atoms with van der Waals surface area (Å²) in [6, 6.07) is 23.3. The highest BCUT2D eigenvalue weighted by molar-refractivity contribution is 5.91. The SMILES string of the molecule is CC(=O)NC1CCCC1C(=O)N[C@H](CC(=O)NC1CCCC1C(=O)NC[C@H](CC(C)C)C(=O)NC1CNCC1C(=O)NC1CNCC1C(=O)N[C@H](CC(=O)NC1CCCC1C(=O)NC[C@H](Cc1ccc(O)cc1)C(=O)NC1CNCC1C(=O)NC1CNCC1C(=O)N[C@H](CC(=O)NC1CNCC1C(N)=O)Cc1ccc2ccccc2c1)Cc1ccccc1)CC(C)C. The molecule has 5 heterocycles. The van der Waals surface area contributed by atoms with Crippen LogP contribution in [0.15, 0.2) is 97.1 Å². The van der Waals surface area contributed by atoms with Gasteiger partial charge in [-0.05, 0) is 122 Å². The quantitative estimate of drug-likeness (QED) is 0.0270. The molecular weight excluding hydrogens is 1620 g/mol. The molecule has 34 nitrogen and oxygen atoms in total. The Balaban J connectivity index is 0.614. The lowest BCUT2D eigenvalue weighted by Gasteiger charge is -2.28. The summed E-state index contributed by atoms with van der Waals surface area (Å²) in [6.07, 6.45) is 7.05. The predicted octanol–water partition coefficient (Wildman–Crippen LogP) is -0.364. The zero-order valence-corrected chi connectivity index (χ0v) is 73.8. The van der Waals surface area contributed by atoms with Crippen LogP contribution >= 0.6 is 0 Å². The lowest BCUT2D eigenvalue weighted by Crippen LogP contribution is -2.54. The van der Waals surface area contributed by atoms with E-state index in [1.165, 1.54) is 19.1 Å². The van der Waals surface area contributed by atoms with Gasteiger partial charge in [-0.25, -0.2) is 0 Å². The summed E-state index contributed by atoms with van der Waals surface area (Å²) in [4.78, 5) is 195. The van der Waals surface area contributed by atoms with Crippen molar-refractivity contribution in [3.8, 4) is 5.75 Å². The fourth-order valence-electron chi connectivity index (χ4n) is 20.1. The first-order chi connectivity index (χ1) is 61.0. The number of hydrogen-bond donors (Lipinski definition) is 20. The summed E-state index contributed by atoms with van der Waals surface area (Å²) in [6.45, 7) is 12.1. The topological polar surface area (TPSA) is 502 Å². The number of phenols is 1. The van der Waals surface area contributed by atoms with Crippen molar-refractivity contribution in [1.29, 1.82) is 0 Å². The van der Waals surface area contributed by atoms with E-state index in [1.807, 2.05) is 100 Å². The zero-order valence-electron chi connectivity index (χ0n) is 73.8. The normalized spacial score (nSPS) is 26.7. The first-order valence-electron chi connectivity index (χ1n) is 46.0.